The fourth-order valence-corrected chi connectivity index (χ4v) is 1.97. The van der Waals surface area contributed by atoms with Crippen LogP contribution in [0.15, 0.2) is 5.38 Å². The lowest BCUT2D eigenvalue weighted by Crippen LogP contribution is -2.05. The molecule has 74 valence electrons. The number of thiazole rings is 1. The number of hydrogen-bond acceptors (Lipinski definition) is 5. The maximum Gasteiger partial charge on any atom is 0.353 e. The highest BCUT2D eigenvalue weighted by molar-refractivity contribution is 7.15. The van der Waals surface area contributed by atoms with Gasteiger partial charge >= 0.3 is 5.97 Å². The van der Waals surface area contributed by atoms with E-state index in [0.717, 1.165) is 0 Å². The van der Waals surface area contributed by atoms with E-state index in [1.54, 1.807) is 0 Å². The van der Waals surface area contributed by atoms with Crippen LogP contribution < -0.4 is 0 Å². The zero-order chi connectivity index (χ0) is 10.1. The minimum atomic E-state index is -0.992. The van der Waals surface area contributed by atoms with E-state index in [1.807, 2.05) is 0 Å². The zero-order valence-electron chi connectivity index (χ0n) is 7.30. The summed E-state index contributed by atoms with van der Waals surface area (Å²) in [5.41, 5.74) is 0.169. The number of hydrogen-bond donors (Lipinski definition) is 1. The maximum absolute atomic E-state index is 10.8. The van der Waals surface area contributed by atoms with Crippen molar-refractivity contribution in [3.8, 4) is 0 Å². The van der Waals surface area contributed by atoms with Crippen molar-refractivity contribution < 1.29 is 14.6 Å². The molecule has 7 heteroatoms. The van der Waals surface area contributed by atoms with E-state index >= 15 is 0 Å². The van der Waals surface area contributed by atoms with Crippen LogP contribution in [0.4, 0.5) is 0 Å². The second kappa shape index (κ2) is 3.35. The molecule has 0 aliphatic carbocycles. The van der Waals surface area contributed by atoms with E-state index < -0.39 is 5.97 Å². The molecular formula is C7H7N3O3S. The van der Waals surface area contributed by atoms with Crippen LogP contribution >= 0.6 is 11.3 Å². The monoisotopic (exact) mass is 213 g/mol. The lowest BCUT2D eigenvalue weighted by molar-refractivity contribution is 0.0688. The second-order valence-electron chi connectivity index (χ2n) is 2.59. The van der Waals surface area contributed by atoms with Gasteiger partial charge in [-0.3, -0.25) is 4.40 Å². The van der Waals surface area contributed by atoms with Crippen molar-refractivity contribution in [3.63, 3.8) is 0 Å². The van der Waals surface area contributed by atoms with Gasteiger partial charge in [0.2, 0.25) is 4.96 Å². The van der Waals surface area contributed by atoms with E-state index in [4.69, 9.17) is 9.84 Å². The van der Waals surface area contributed by atoms with Gasteiger partial charge in [-0.05, 0) is 0 Å². The minimum Gasteiger partial charge on any atom is -0.477 e. The highest BCUT2D eigenvalue weighted by Crippen LogP contribution is 2.16. The number of carboxylic acids is 1. The zero-order valence-corrected chi connectivity index (χ0v) is 8.11. The summed E-state index contributed by atoms with van der Waals surface area (Å²) in [6, 6.07) is 0. The summed E-state index contributed by atoms with van der Waals surface area (Å²) in [6.07, 6.45) is 0. The molecule has 0 saturated heterocycles. The van der Waals surface area contributed by atoms with Gasteiger partial charge in [0.25, 0.3) is 0 Å². The predicted octanol–water partition coefficient (Wildman–Crippen LogP) is 0.635. The molecule has 0 saturated carbocycles. The van der Waals surface area contributed by atoms with E-state index in [2.05, 4.69) is 10.2 Å². The molecule has 0 amide bonds. The average molecular weight is 213 g/mol. The average Bonchev–Trinajstić information content (AvgIpc) is 2.67. The predicted molar refractivity (Wildman–Crippen MR) is 48.5 cm³/mol. The van der Waals surface area contributed by atoms with Crippen molar-refractivity contribution in [1.82, 2.24) is 14.6 Å². The summed E-state index contributed by atoms with van der Waals surface area (Å²) in [5, 5.41) is 18.1. The topological polar surface area (TPSA) is 76.7 Å². The lowest BCUT2D eigenvalue weighted by atomic mass is 10.5. The van der Waals surface area contributed by atoms with Crippen molar-refractivity contribution in [2.45, 2.75) is 6.61 Å². The Bertz CT molecular complexity index is 475. The molecule has 2 rings (SSSR count). The van der Waals surface area contributed by atoms with E-state index in [9.17, 15) is 4.79 Å². The first-order chi connectivity index (χ1) is 6.74. The molecule has 0 atom stereocenters. The molecule has 0 aliphatic heterocycles. The number of aromatic nitrogens is 3. The Labute approximate surface area is 82.8 Å². The van der Waals surface area contributed by atoms with Crippen LogP contribution in [0, 0.1) is 0 Å². The Kier molecular flexibility index (Phi) is 2.18. The van der Waals surface area contributed by atoms with Crippen LogP contribution in [0.3, 0.4) is 0 Å². The Morgan fingerprint density at radius 2 is 2.50 bits per heavy atom. The molecular weight excluding hydrogens is 206 g/mol. The molecule has 0 radical (unpaired) electrons. The van der Waals surface area contributed by atoms with Gasteiger partial charge in [0.1, 0.15) is 12.3 Å². The number of nitrogens with zero attached hydrogens (tertiary/aromatic N) is 3. The molecule has 0 fully saturated rings. The molecule has 0 aromatic carbocycles. The van der Waals surface area contributed by atoms with Crippen molar-refractivity contribution in [1.29, 1.82) is 0 Å². The summed E-state index contributed by atoms with van der Waals surface area (Å²) in [7, 11) is 1.52. The first-order valence-electron chi connectivity index (χ1n) is 3.77. The molecule has 0 spiro atoms. The number of fused-ring (bicyclic) bond motifs is 1. The first kappa shape index (κ1) is 9.10. The highest BCUT2D eigenvalue weighted by atomic mass is 32.1. The first-order valence-corrected chi connectivity index (χ1v) is 4.65. The summed E-state index contributed by atoms with van der Waals surface area (Å²) in [4.78, 5) is 11.4. The lowest BCUT2D eigenvalue weighted by Gasteiger charge is -1.96. The van der Waals surface area contributed by atoms with Gasteiger partial charge in [0.15, 0.2) is 5.82 Å². The second-order valence-corrected chi connectivity index (χ2v) is 3.43. The smallest absolute Gasteiger partial charge is 0.353 e. The third-order valence-electron chi connectivity index (χ3n) is 1.71. The number of aromatic carboxylic acids is 1. The van der Waals surface area contributed by atoms with E-state index in [0.29, 0.717) is 10.8 Å². The van der Waals surface area contributed by atoms with Crippen molar-refractivity contribution in [2.75, 3.05) is 7.11 Å². The number of rotatable bonds is 3. The standard InChI is InChI=1S/C7H7N3O3S/c1-13-2-5-8-9-7-10(5)4(3-14-7)6(11)12/h3H,2H2,1H3,(H,11,12). The van der Waals surface area contributed by atoms with Gasteiger partial charge in [-0.15, -0.1) is 21.5 Å². The Morgan fingerprint density at radius 1 is 1.71 bits per heavy atom. The third kappa shape index (κ3) is 1.26. The summed E-state index contributed by atoms with van der Waals surface area (Å²) in [5.74, 6) is -0.491. The van der Waals surface area contributed by atoms with Crippen LogP contribution in [0.1, 0.15) is 16.3 Å². The molecule has 2 aromatic rings. The van der Waals surface area contributed by atoms with Crippen LogP contribution in [-0.4, -0.2) is 32.8 Å². The fraction of sp³-hybridized carbons (Fsp3) is 0.286. The third-order valence-corrected chi connectivity index (χ3v) is 2.53. The van der Waals surface area contributed by atoms with E-state index in [1.165, 1.54) is 28.2 Å². The van der Waals surface area contributed by atoms with Gasteiger partial charge in [0.05, 0.1) is 0 Å². The fourth-order valence-electron chi connectivity index (χ4n) is 1.15. The summed E-state index contributed by atoms with van der Waals surface area (Å²) >= 11 is 1.24. The van der Waals surface area contributed by atoms with Crippen LogP contribution in [0.25, 0.3) is 4.96 Å². The maximum atomic E-state index is 10.8. The Morgan fingerprint density at radius 3 is 3.14 bits per heavy atom. The summed E-state index contributed by atoms with van der Waals surface area (Å²) in [6.45, 7) is 0.248. The number of methoxy groups -OCH3 is 1. The van der Waals surface area contributed by atoms with Gasteiger partial charge < -0.3 is 9.84 Å². The number of ether oxygens (including phenoxy) is 1. The highest BCUT2D eigenvalue weighted by Gasteiger charge is 2.15. The quantitative estimate of drug-likeness (QED) is 0.809. The molecule has 0 unspecified atom stereocenters. The van der Waals surface area contributed by atoms with Gasteiger partial charge in [-0.2, -0.15) is 0 Å². The van der Waals surface area contributed by atoms with Gasteiger partial charge in [0, 0.05) is 12.5 Å². The molecule has 0 bridgehead atoms. The van der Waals surface area contributed by atoms with Gasteiger partial charge in [-0.25, -0.2) is 4.79 Å². The van der Waals surface area contributed by atoms with E-state index in [-0.39, 0.29) is 12.3 Å². The SMILES string of the molecule is COCc1nnc2scc(C(=O)O)n12. The van der Waals surface area contributed by atoms with Crippen molar-refractivity contribution >= 4 is 22.3 Å². The molecule has 14 heavy (non-hydrogen) atoms. The number of carboxylic acid groups (broad SMARTS) is 1. The largest absolute Gasteiger partial charge is 0.477 e. The summed E-state index contributed by atoms with van der Waals surface area (Å²) < 4.78 is 6.37. The Balaban J connectivity index is 2.61. The van der Waals surface area contributed by atoms with Crippen LogP contribution in [-0.2, 0) is 11.3 Å². The van der Waals surface area contributed by atoms with Crippen molar-refractivity contribution in [2.24, 2.45) is 0 Å². The molecule has 1 N–H and O–H groups in total. The number of carbonyl (C=O) groups is 1. The molecule has 0 aliphatic rings. The molecule has 6 nitrogen and oxygen atoms in total. The Hall–Kier alpha value is -1.47. The van der Waals surface area contributed by atoms with Crippen molar-refractivity contribution in [3.05, 3.63) is 16.9 Å². The normalized spacial score (nSPS) is 10.9. The van der Waals surface area contributed by atoms with Gasteiger partial charge in [-0.1, -0.05) is 0 Å². The molecule has 2 aromatic heterocycles. The van der Waals surface area contributed by atoms with Crippen LogP contribution in [0.2, 0.25) is 0 Å². The molecule has 2 heterocycles. The minimum absolute atomic E-state index is 0.169. The van der Waals surface area contributed by atoms with Crippen LogP contribution in [0.5, 0.6) is 0 Å².